The van der Waals surface area contributed by atoms with Crippen LogP contribution in [0.5, 0.6) is 5.75 Å². The summed E-state index contributed by atoms with van der Waals surface area (Å²) in [5.41, 5.74) is 2.49. The maximum Gasteiger partial charge on any atom is 0.274 e. The Hall–Kier alpha value is -1.88. The smallest absolute Gasteiger partial charge is 0.274 e. The topological polar surface area (TPSA) is 94.7 Å². The van der Waals surface area contributed by atoms with Crippen molar-refractivity contribution in [2.75, 3.05) is 44.7 Å². The number of amides is 1. The van der Waals surface area contributed by atoms with E-state index in [-0.39, 0.29) is 11.4 Å². The molecule has 1 aliphatic rings. The van der Waals surface area contributed by atoms with Gasteiger partial charge in [0.05, 0.1) is 17.7 Å². The van der Waals surface area contributed by atoms with Crippen LogP contribution in [0.4, 0.5) is 5.69 Å². The van der Waals surface area contributed by atoms with Crippen LogP contribution in [-0.4, -0.2) is 67.8 Å². The van der Waals surface area contributed by atoms with Crippen LogP contribution in [0.2, 0.25) is 5.02 Å². The van der Waals surface area contributed by atoms with E-state index in [4.69, 9.17) is 51.1 Å². The number of halogens is 4. The SMILES string of the molecule is COc1ccc(S(=O)(=O)NCCc2c[nH]c3cc(Cl)ccc23)cc1N1CCN(C(=O)C(Cl)(Cl)Cl)CC1. The molecule has 194 valence electrons. The Labute approximate surface area is 229 Å². The third-order valence-electron chi connectivity index (χ3n) is 6.03. The number of nitrogens with one attached hydrogen (secondary N) is 2. The van der Waals surface area contributed by atoms with Gasteiger partial charge in [-0.15, -0.1) is 0 Å². The van der Waals surface area contributed by atoms with Crippen molar-refractivity contribution < 1.29 is 17.9 Å². The number of hydrogen-bond donors (Lipinski definition) is 2. The van der Waals surface area contributed by atoms with Gasteiger partial charge in [-0.05, 0) is 42.3 Å². The van der Waals surface area contributed by atoms with E-state index in [2.05, 4.69) is 9.71 Å². The van der Waals surface area contributed by atoms with Crippen LogP contribution in [0, 0.1) is 0 Å². The van der Waals surface area contributed by atoms with E-state index < -0.39 is 19.7 Å². The van der Waals surface area contributed by atoms with Crippen molar-refractivity contribution in [1.82, 2.24) is 14.6 Å². The number of ether oxygens (including phenoxy) is 1. The van der Waals surface area contributed by atoms with E-state index in [0.29, 0.717) is 49.1 Å². The molecule has 0 saturated carbocycles. The molecule has 0 bridgehead atoms. The lowest BCUT2D eigenvalue weighted by molar-refractivity contribution is -0.130. The number of fused-ring (bicyclic) bond motifs is 1. The Morgan fingerprint density at radius 3 is 2.50 bits per heavy atom. The number of aromatic nitrogens is 1. The molecule has 1 saturated heterocycles. The van der Waals surface area contributed by atoms with Gasteiger partial charge in [0.25, 0.3) is 9.70 Å². The molecule has 2 heterocycles. The molecule has 0 spiro atoms. The molecule has 0 unspecified atom stereocenters. The van der Waals surface area contributed by atoms with Crippen molar-refractivity contribution in [3.05, 3.63) is 53.2 Å². The Balaban J connectivity index is 1.45. The highest BCUT2D eigenvalue weighted by atomic mass is 35.6. The van der Waals surface area contributed by atoms with E-state index >= 15 is 0 Å². The van der Waals surface area contributed by atoms with Gasteiger partial charge in [0.2, 0.25) is 10.0 Å². The molecule has 0 atom stereocenters. The second kappa shape index (κ2) is 10.8. The van der Waals surface area contributed by atoms with Crippen LogP contribution in [0.15, 0.2) is 47.5 Å². The molecular weight excluding hydrogens is 570 g/mol. The number of sulfonamides is 1. The second-order valence-corrected chi connectivity index (χ2v) is 12.7. The third kappa shape index (κ3) is 5.98. The molecule has 2 N–H and O–H groups in total. The molecule has 0 radical (unpaired) electrons. The van der Waals surface area contributed by atoms with Crippen molar-refractivity contribution >= 4 is 78.9 Å². The van der Waals surface area contributed by atoms with Crippen molar-refractivity contribution in [3.63, 3.8) is 0 Å². The molecule has 1 fully saturated rings. The van der Waals surface area contributed by atoms with Gasteiger partial charge in [0.15, 0.2) is 0 Å². The van der Waals surface area contributed by atoms with Gasteiger partial charge in [0, 0.05) is 54.8 Å². The summed E-state index contributed by atoms with van der Waals surface area (Å²) in [6.07, 6.45) is 2.36. The summed E-state index contributed by atoms with van der Waals surface area (Å²) in [6.45, 7) is 1.70. The zero-order valence-electron chi connectivity index (χ0n) is 19.2. The van der Waals surface area contributed by atoms with Crippen molar-refractivity contribution in [1.29, 1.82) is 0 Å². The van der Waals surface area contributed by atoms with Crippen LogP contribution in [-0.2, 0) is 21.2 Å². The highest BCUT2D eigenvalue weighted by Crippen LogP contribution is 2.33. The quantitative estimate of drug-likeness (QED) is 0.397. The molecule has 1 aliphatic heterocycles. The summed E-state index contributed by atoms with van der Waals surface area (Å²) in [6, 6.07) is 10.2. The van der Waals surface area contributed by atoms with E-state index in [1.54, 1.807) is 18.2 Å². The number of anilines is 1. The predicted molar refractivity (Wildman–Crippen MR) is 144 cm³/mol. The highest BCUT2D eigenvalue weighted by molar-refractivity contribution is 7.89. The van der Waals surface area contributed by atoms with E-state index in [1.165, 1.54) is 18.1 Å². The first-order chi connectivity index (χ1) is 17.0. The zero-order valence-corrected chi connectivity index (χ0v) is 23.1. The van der Waals surface area contributed by atoms with E-state index in [9.17, 15) is 13.2 Å². The Morgan fingerprint density at radius 1 is 1.11 bits per heavy atom. The first-order valence-corrected chi connectivity index (χ1v) is 14.0. The Bertz CT molecular complexity index is 1370. The molecular formula is C23H24Cl4N4O4S. The summed E-state index contributed by atoms with van der Waals surface area (Å²) in [7, 11) is -2.27. The lowest BCUT2D eigenvalue weighted by Crippen LogP contribution is -2.51. The van der Waals surface area contributed by atoms with Gasteiger partial charge in [-0.2, -0.15) is 0 Å². The van der Waals surface area contributed by atoms with Crippen LogP contribution < -0.4 is 14.4 Å². The summed E-state index contributed by atoms with van der Waals surface area (Å²) < 4.78 is 32.2. The number of carbonyl (C=O) groups is 1. The average Bonchev–Trinajstić information content (AvgIpc) is 3.24. The van der Waals surface area contributed by atoms with Crippen molar-refractivity contribution in [2.45, 2.75) is 15.1 Å². The summed E-state index contributed by atoms with van der Waals surface area (Å²) in [5.74, 6) is -0.0644. The first kappa shape index (κ1) is 27.2. The summed E-state index contributed by atoms with van der Waals surface area (Å²) in [5, 5.41) is 1.63. The maximum atomic E-state index is 13.1. The van der Waals surface area contributed by atoms with Crippen molar-refractivity contribution in [3.8, 4) is 5.75 Å². The predicted octanol–water partition coefficient (Wildman–Crippen LogP) is 4.37. The summed E-state index contributed by atoms with van der Waals surface area (Å²) in [4.78, 5) is 18.9. The lowest BCUT2D eigenvalue weighted by atomic mass is 10.1. The fourth-order valence-electron chi connectivity index (χ4n) is 4.18. The Kier molecular flexibility index (Phi) is 8.19. The largest absolute Gasteiger partial charge is 0.495 e. The number of nitrogens with zero attached hydrogens (tertiary/aromatic N) is 2. The third-order valence-corrected chi connectivity index (χ3v) is 8.21. The number of piperazine rings is 1. The molecule has 1 aromatic heterocycles. The van der Waals surface area contributed by atoms with Gasteiger partial charge in [-0.1, -0.05) is 52.5 Å². The van der Waals surface area contributed by atoms with E-state index in [1.807, 2.05) is 23.2 Å². The van der Waals surface area contributed by atoms with Gasteiger partial charge in [-0.3, -0.25) is 4.79 Å². The number of H-pyrrole nitrogens is 1. The summed E-state index contributed by atoms with van der Waals surface area (Å²) >= 11 is 23.2. The zero-order chi connectivity index (χ0) is 26.1. The number of rotatable bonds is 7. The molecule has 1 amide bonds. The molecule has 13 heteroatoms. The standard InChI is InChI=1S/C23H24Cl4N4O4S/c1-35-21-5-3-17(13-20(21)30-8-10-31(11-9-30)22(32)23(25,26)27)36(33,34)29-7-6-15-14-28-19-12-16(24)2-4-18(15)19/h2-5,12-14,28-29H,6-11H2,1H3. The number of carbonyl (C=O) groups excluding carboxylic acids is 1. The number of alkyl halides is 3. The molecule has 0 aliphatic carbocycles. The van der Waals surface area contributed by atoms with Gasteiger partial charge in [0.1, 0.15) is 5.75 Å². The number of hydrogen-bond acceptors (Lipinski definition) is 5. The van der Waals surface area contributed by atoms with Crippen LogP contribution in [0.1, 0.15) is 5.56 Å². The maximum absolute atomic E-state index is 13.1. The minimum Gasteiger partial charge on any atom is -0.495 e. The van der Waals surface area contributed by atoms with Crippen molar-refractivity contribution in [2.24, 2.45) is 0 Å². The fraction of sp³-hybridized carbons (Fsp3) is 0.348. The Morgan fingerprint density at radius 2 is 1.83 bits per heavy atom. The molecule has 4 rings (SSSR count). The second-order valence-electron chi connectivity index (χ2n) is 8.26. The highest BCUT2D eigenvalue weighted by Gasteiger charge is 2.36. The minimum atomic E-state index is -3.78. The number of benzene rings is 2. The van der Waals surface area contributed by atoms with Gasteiger partial charge >= 0.3 is 0 Å². The van der Waals surface area contributed by atoms with Crippen LogP contribution in [0.3, 0.4) is 0 Å². The molecule has 2 aromatic carbocycles. The lowest BCUT2D eigenvalue weighted by Gasteiger charge is -2.37. The van der Waals surface area contributed by atoms with Crippen LogP contribution in [0.25, 0.3) is 10.9 Å². The molecule has 3 aromatic rings. The van der Waals surface area contributed by atoms with Crippen LogP contribution >= 0.6 is 46.4 Å². The minimum absolute atomic E-state index is 0.115. The molecule has 36 heavy (non-hydrogen) atoms. The number of methoxy groups -OCH3 is 1. The normalized spacial score (nSPS) is 14.9. The monoisotopic (exact) mass is 592 g/mol. The molecule has 8 nitrogen and oxygen atoms in total. The van der Waals surface area contributed by atoms with Gasteiger partial charge < -0.3 is 19.5 Å². The van der Waals surface area contributed by atoms with E-state index in [0.717, 1.165) is 16.5 Å². The van der Waals surface area contributed by atoms with Gasteiger partial charge in [-0.25, -0.2) is 13.1 Å². The first-order valence-electron chi connectivity index (χ1n) is 11.0. The number of aromatic amines is 1. The average molecular weight is 594 g/mol. The fourth-order valence-corrected chi connectivity index (χ4v) is 5.76.